The number of esters is 1. The summed E-state index contributed by atoms with van der Waals surface area (Å²) in [6, 6.07) is 0. The smallest absolute Gasteiger partial charge is 0.332 e. The van der Waals surface area contributed by atoms with Gasteiger partial charge in [0.2, 0.25) is 0 Å². The summed E-state index contributed by atoms with van der Waals surface area (Å²) in [5, 5.41) is 11.3. The number of nitrogens with zero attached hydrogens (tertiary/aromatic N) is 3. The van der Waals surface area contributed by atoms with Crippen LogP contribution in [0.2, 0.25) is 0 Å². The maximum absolute atomic E-state index is 11.6. The van der Waals surface area contributed by atoms with Crippen LogP contribution in [0.15, 0.2) is 0 Å². The maximum atomic E-state index is 11.6. The van der Waals surface area contributed by atoms with Gasteiger partial charge < -0.3 is 14.8 Å². The predicted octanol–water partition coefficient (Wildman–Crippen LogP) is 1.71. The molecule has 2 aliphatic carbocycles. The molecule has 164 valence electrons. The zero-order valence-electron chi connectivity index (χ0n) is 18.3. The lowest BCUT2D eigenvalue weighted by atomic mass is 10.0. The molecule has 2 aliphatic rings. The fourth-order valence-electron chi connectivity index (χ4n) is 3.99. The van der Waals surface area contributed by atoms with Gasteiger partial charge in [0.05, 0.1) is 18.0 Å². The Kier molecular flexibility index (Phi) is 9.73. The van der Waals surface area contributed by atoms with E-state index >= 15 is 0 Å². The van der Waals surface area contributed by atoms with Crippen molar-refractivity contribution in [1.82, 2.24) is 20.3 Å². The molecule has 0 saturated heterocycles. The number of rotatable bonds is 9. The van der Waals surface area contributed by atoms with Crippen LogP contribution in [0.1, 0.15) is 50.9 Å². The van der Waals surface area contributed by atoms with Gasteiger partial charge in [-0.3, -0.25) is 9.48 Å². The van der Waals surface area contributed by atoms with E-state index in [0.29, 0.717) is 37.4 Å². The molecule has 29 heavy (non-hydrogen) atoms. The first kappa shape index (κ1) is 23.5. The molecule has 0 radical (unpaired) electrons. The number of ketones is 1. The molecule has 3 rings (SSSR count). The molecule has 0 aromatic carbocycles. The topological polar surface area (TPSA) is 95.3 Å². The molecule has 1 aromatic rings. The van der Waals surface area contributed by atoms with E-state index in [0.717, 1.165) is 44.3 Å². The van der Waals surface area contributed by atoms with Crippen LogP contribution in [0.25, 0.3) is 0 Å². The van der Waals surface area contributed by atoms with Crippen molar-refractivity contribution in [3.63, 3.8) is 0 Å². The average Bonchev–Trinajstić information content (AvgIpc) is 3.22. The van der Waals surface area contributed by atoms with Crippen LogP contribution in [0.5, 0.6) is 0 Å². The third kappa shape index (κ3) is 7.51. The number of ether oxygens (including phenoxy) is 2. The Morgan fingerprint density at radius 1 is 1.24 bits per heavy atom. The highest BCUT2D eigenvalue weighted by Gasteiger charge is 2.50. The van der Waals surface area contributed by atoms with Crippen molar-refractivity contribution >= 4 is 11.8 Å². The molecule has 1 N–H and O–H groups in total. The van der Waals surface area contributed by atoms with Crippen LogP contribution < -0.4 is 5.32 Å². The third-order valence-electron chi connectivity index (χ3n) is 5.69. The van der Waals surface area contributed by atoms with Gasteiger partial charge in [0, 0.05) is 26.6 Å². The lowest BCUT2D eigenvalue weighted by Crippen LogP contribution is -2.15. The molecule has 3 unspecified atom stereocenters. The number of carbonyl (C=O) groups excluding carboxylic acids is 2. The number of Topliss-reactive ketones (excluding diaryl/α,β-unsaturated/α-hetero) is 1. The zero-order chi connectivity index (χ0) is 21.2. The van der Waals surface area contributed by atoms with E-state index in [1.807, 2.05) is 25.7 Å². The highest BCUT2D eigenvalue weighted by Crippen LogP contribution is 2.52. The van der Waals surface area contributed by atoms with Crippen LogP contribution in [-0.4, -0.2) is 60.2 Å². The Hall–Kier alpha value is -1.80. The molecule has 0 amide bonds. The average molecular weight is 409 g/mol. The Morgan fingerprint density at radius 3 is 2.59 bits per heavy atom. The standard InChI is InChI=1S/C16H25N3O3.C5H11NO/c1-3-8-21-10-16(20)22-9-13-11-4-6-14-15(7-5-12(11)13)19(2)18-17-14;1-5(7)3-4-6-2/h11-13H,3-10H2,1-2H3;6H,3-4H2,1-2H3. The van der Waals surface area contributed by atoms with Crippen LogP contribution >= 0.6 is 0 Å². The largest absolute Gasteiger partial charge is 0.464 e. The SMILES string of the molecule is CCCOCC(=O)OCC1C2CCc3nnn(C)c3CCC21.CNCCC(C)=O. The predicted molar refractivity (Wildman–Crippen MR) is 109 cm³/mol. The first-order valence-corrected chi connectivity index (χ1v) is 10.7. The summed E-state index contributed by atoms with van der Waals surface area (Å²) in [7, 11) is 3.80. The number of nitrogens with one attached hydrogen (secondary N) is 1. The molecule has 1 aromatic heterocycles. The molecule has 1 fully saturated rings. The summed E-state index contributed by atoms with van der Waals surface area (Å²) in [5.41, 5.74) is 2.42. The van der Waals surface area contributed by atoms with Gasteiger partial charge in [-0.1, -0.05) is 12.1 Å². The summed E-state index contributed by atoms with van der Waals surface area (Å²) in [6.45, 7) is 5.66. The Labute approximate surface area is 173 Å². The zero-order valence-corrected chi connectivity index (χ0v) is 18.3. The van der Waals surface area contributed by atoms with Crippen molar-refractivity contribution < 1.29 is 19.1 Å². The lowest BCUT2D eigenvalue weighted by molar-refractivity contribution is -0.149. The summed E-state index contributed by atoms with van der Waals surface area (Å²) in [4.78, 5) is 21.8. The highest BCUT2D eigenvalue weighted by atomic mass is 16.6. The van der Waals surface area contributed by atoms with Crippen molar-refractivity contribution in [2.75, 3.05) is 33.4 Å². The second-order valence-electron chi connectivity index (χ2n) is 7.97. The van der Waals surface area contributed by atoms with Gasteiger partial charge >= 0.3 is 5.97 Å². The number of fused-ring (bicyclic) bond motifs is 2. The van der Waals surface area contributed by atoms with Crippen LogP contribution in [0.3, 0.4) is 0 Å². The number of hydrogen-bond acceptors (Lipinski definition) is 7. The normalized spacial score (nSPS) is 22.3. The minimum absolute atomic E-state index is 0.0803. The molecule has 8 nitrogen and oxygen atoms in total. The van der Waals surface area contributed by atoms with Gasteiger partial charge in [0.1, 0.15) is 12.4 Å². The lowest BCUT2D eigenvalue weighted by Gasteiger charge is -2.07. The van der Waals surface area contributed by atoms with Gasteiger partial charge in [-0.2, -0.15) is 0 Å². The Bertz CT molecular complexity index is 661. The van der Waals surface area contributed by atoms with Gasteiger partial charge in [0.25, 0.3) is 0 Å². The molecule has 0 aliphatic heterocycles. The number of carbonyl (C=O) groups is 2. The number of aryl methyl sites for hydroxylation is 2. The first-order valence-electron chi connectivity index (χ1n) is 10.7. The summed E-state index contributed by atoms with van der Waals surface area (Å²) < 4.78 is 12.5. The second-order valence-corrected chi connectivity index (χ2v) is 7.97. The van der Waals surface area contributed by atoms with Gasteiger partial charge in [-0.05, 0) is 63.8 Å². The maximum Gasteiger partial charge on any atom is 0.332 e. The Morgan fingerprint density at radius 2 is 1.97 bits per heavy atom. The summed E-state index contributed by atoms with van der Waals surface area (Å²) in [5.74, 6) is 1.90. The monoisotopic (exact) mass is 408 g/mol. The molecular formula is C21H36N4O4. The molecule has 0 bridgehead atoms. The number of hydrogen-bond donors (Lipinski definition) is 1. The molecular weight excluding hydrogens is 372 g/mol. The van der Waals surface area contributed by atoms with Crippen molar-refractivity contribution in [2.45, 2.75) is 52.4 Å². The molecule has 8 heteroatoms. The van der Waals surface area contributed by atoms with Gasteiger partial charge in [-0.15, -0.1) is 5.10 Å². The highest BCUT2D eigenvalue weighted by molar-refractivity contribution is 5.75. The van der Waals surface area contributed by atoms with E-state index in [4.69, 9.17) is 9.47 Å². The second kappa shape index (κ2) is 12.0. The molecule has 3 atom stereocenters. The van der Waals surface area contributed by atoms with E-state index in [1.54, 1.807) is 6.92 Å². The van der Waals surface area contributed by atoms with E-state index in [9.17, 15) is 9.59 Å². The fraction of sp³-hybridized carbons (Fsp3) is 0.810. The van der Waals surface area contributed by atoms with E-state index < -0.39 is 0 Å². The van der Waals surface area contributed by atoms with E-state index in [1.165, 1.54) is 5.69 Å². The molecule has 1 saturated carbocycles. The van der Waals surface area contributed by atoms with Crippen molar-refractivity contribution in [2.24, 2.45) is 24.8 Å². The van der Waals surface area contributed by atoms with Crippen LogP contribution in [0.4, 0.5) is 0 Å². The van der Waals surface area contributed by atoms with Crippen molar-refractivity contribution in [1.29, 1.82) is 0 Å². The summed E-state index contributed by atoms with van der Waals surface area (Å²) in [6.07, 6.45) is 5.87. The van der Waals surface area contributed by atoms with E-state index in [2.05, 4.69) is 15.6 Å². The minimum atomic E-state index is -0.234. The third-order valence-corrected chi connectivity index (χ3v) is 5.69. The number of aromatic nitrogens is 3. The van der Waals surface area contributed by atoms with Crippen molar-refractivity contribution in [3.8, 4) is 0 Å². The van der Waals surface area contributed by atoms with E-state index in [-0.39, 0.29) is 18.4 Å². The summed E-state index contributed by atoms with van der Waals surface area (Å²) >= 11 is 0. The molecule has 1 heterocycles. The Balaban J connectivity index is 0.000000370. The van der Waals surface area contributed by atoms with Crippen LogP contribution in [-0.2, 0) is 39.0 Å². The quantitative estimate of drug-likeness (QED) is 0.491. The van der Waals surface area contributed by atoms with Crippen LogP contribution in [0, 0.1) is 17.8 Å². The fourth-order valence-corrected chi connectivity index (χ4v) is 3.99. The van der Waals surface area contributed by atoms with Gasteiger partial charge in [-0.25, -0.2) is 4.79 Å². The van der Waals surface area contributed by atoms with Crippen molar-refractivity contribution in [3.05, 3.63) is 11.4 Å². The minimum Gasteiger partial charge on any atom is -0.464 e. The van der Waals surface area contributed by atoms with Gasteiger partial charge in [0.15, 0.2) is 0 Å². The molecule has 0 spiro atoms. The first-order chi connectivity index (χ1) is 14.0.